The van der Waals surface area contributed by atoms with Crippen LogP contribution in [0.2, 0.25) is 0 Å². The molecule has 0 saturated carbocycles. The molecule has 0 aromatic heterocycles. The van der Waals surface area contributed by atoms with Crippen LogP contribution in [0.4, 0.5) is 0 Å². The molecule has 1 N–H and O–H groups in total. The van der Waals surface area contributed by atoms with Gasteiger partial charge in [0.2, 0.25) is 0 Å². The molecule has 0 aliphatic heterocycles. The Morgan fingerprint density at radius 2 is 2.30 bits per heavy atom. The van der Waals surface area contributed by atoms with E-state index in [1.54, 1.807) is 18.7 Å². The fourth-order valence-corrected chi connectivity index (χ4v) is 1.63. The van der Waals surface area contributed by atoms with E-state index in [0.29, 0.717) is 0 Å². The fourth-order valence-electron chi connectivity index (χ4n) is 0.707. The first-order valence-electron chi connectivity index (χ1n) is 3.49. The lowest BCUT2D eigenvalue weighted by molar-refractivity contribution is -0.116. The largest absolute Gasteiger partial charge is 0.318 e. The third-order valence-electron chi connectivity index (χ3n) is 1.21. The average molecular weight is 161 g/mol. The van der Waals surface area contributed by atoms with Crippen LogP contribution in [0.1, 0.15) is 13.8 Å². The molecule has 10 heavy (non-hydrogen) atoms. The van der Waals surface area contributed by atoms with Crippen molar-refractivity contribution in [2.24, 2.45) is 0 Å². The first-order chi connectivity index (χ1) is 4.72. The lowest BCUT2D eigenvalue weighted by Gasteiger charge is -2.10. The maximum atomic E-state index is 10.9. The van der Waals surface area contributed by atoms with Crippen molar-refractivity contribution >= 4 is 17.5 Å². The molecule has 0 radical (unpaired) electrons. The van der Waals surface area contributed by atoms with Gasteiger partial charge in [0.05, 0.1) is 5.25 Å². The SMILES string of the molecule is CCSC(CNC)C(C)=O. The van der Waals surface area contributed by atoms with Crippen molar-refractivity contribution in [1.29, 1.82) is 0 Å². The number of nitrogens with one attached hydrogen (secondary N) is 1. The Bertz CT molecular complexity index is 99.8. The van der Waals surface area contributed by atoms with Gasteiger partial charge in [-0.3, -0.25) is 4.79 Å². The summed E-state index contributed by atoms with van der Waals surface area (Å²) in [7, 11) is 1.87. The molecule has 0 aromatic rings. The van der Waals surface area contributed by atoms with E-state index in [2.05, 4.69) is 12.2 Å². The molecule has 0 aliphatic carbocycles. The number of ketones is 1. The second kappa shape index (κ2) is 5.74. The van der Waals surface area contributed by atoms with Crippen LogP contribution in [0.3, 0.4) is 0 Å². The minimum Gasteiger partial charge on any atom is -0.318 e. The molecular weight excluding hydrogens is 146 g/mol. The number of carbonyl (C=O) groups is 1. The van der Waals surface area contributed by atoms with E-state index in [-0.39, 0.29) is 11.0 Å². The molecule has 2 nitrogen and oxygen atoms in total. The van der Waals surface area contributed by atoms with Gasteiger partial charge in [0.25, 0.3) is 0 Å². The van der Waals surface area contributed by atoms with Crippen molar-refractivity contribution in [1.82, 2.24) is 5.32 Å². The highest BCUT2D eigenvalue weighted by atomic mass is 32.2. The summed E-state index contributed by atoms with van der Waals surface area (Å²) in [5.41, 5.74) is 0. The lowest BCUT2D eigenvalue weighted by Crippen LogP contribution is -2.27. The van der Waals surface area contributed by atoms with E-state index in [0.717, 1.165) is 12.3 Å². The van der Waals surface area contributed by atoms with Gasteiger partial charge in [-0.25, -0.2) is 0 Å². The van der Waals surface area contributed by atoms with Crippen LogP contribution in [-0.4, -0.2) is 30.4 Å². The molecule has 0 spiro atoms. The predicted molar refractivity (Wildman–Crippen MR) is 46.5 cm³/mol. The molecule has 1 atom stereocenters. The Morgan fingerprint density at radius 3 is 2.60 bits per heavy atom. The third-order valence-corrected chi connectivity index (χ3v) is 2.45. The number of Topliss-reactive ketones (excluding diaryl/α,β-unsaturated/α-hetero) is 1. The standard InChI is InChI=1S/C7H15NOS/c1-4-10-7(5-8-3)6(2)9/h7-8H,4-5H2,1-3H3. The molecule has 0 aromatic carbocycles. The summed E-state index contributed by atoms with van der Waals surface area (Å²) in [4.78, 5) is 10.9. The van der Waals surface area contributed by atoms with Crippen molar-refractivity contribution in [3.05, 3.63) is 0 Å². The molecule has 0 saturated heterocycles. The molecule has 0 heterocycles. The molecular formula is C7H15NOS. The summed E-state index contributed by atoms with van der Waals surface area (Å²) < 4.78 is 0. The number of thioether (sulfide) groups is 1. The predicted octanol–water partition coefficient (Wildman–Crippen LogP) is 0.916. The Morgan fingerprint density at radius 1 is 1.70 bits per heavy atom. The minimum absolute atomic E-state index is 0.148. The second-order valence-electron chi connectivity index (χ2n) is 2.11. The van der Waals surface area contributed by atoms with Gasteiger partial charge in [0, 0.05) is 6.54 Å². The summed E-state index contributed by atoms with van der Waals surface area (Å²) in [5.74, 6) is 1.27. The van der Waals surface area contributed by atoms with Gasteiger partial charge in [-0.2, -0.15) is 0 Å². The van der Waals surface area contributed by atoms with Gasteiger partial charge in [0.1, 0.15) is 5.78 Å². The average Bonchev–Trinajstić information content (AvgIpc) is 1.87. The molecule has 3 heteroatoms. The number of hydrogen-bond acceptors (Lipinski definition) is 3. The number of rotatable bonds is 5. The summed E-state index contributed by atoms with van der Waals surface area (Å²) >= 11 is 1.70. The van der Waals surface area contributed by atoms with E-state index in [1.165, 1.54) is 0 Å². The smallest absolute Gasteiger partial charge is 0.144 e. The van der Waals surface area contributed by atoms with E-state index >= 15 is 0 Å². The van der Waals surface area contributed by atoms with E-state index < -0.39 is 0 Å². The van der Waals surface area contributed by atoms with Crippen LogP contribution in [-0.2, 0) is 4.79 Å². The zero-order valence-corrected chi connectivity index (χ0v) is 7.62. The first kappa shape index (κ1) is 9.98. The topological polar surface area (TPSA) is 29.1 Å². The molecule has 0 amide bonds. The number of hydrogen-bond donors (Lipinski definition) is 1. The Kier molecular flexibility index (Phi) is 5.73. The highest BCUT2D eigenvalue weighted by Gasteiger charge is 2.11. The molecule has 60 valence electrons. The van der Waals surface area contributed by atoms with Crippen molar-refractivity contribution in [3.63, 3.8) is 0 Å². The zero-order valence-electron chi connectivity index (χ0n) is 6.81. The Labute approximate surface area is 66.8 Å². The zero-order chi connectivity index (χ0) is 7.98. The second-order valence-corrected chi connectivity index (χ2v) is 3.59. The quantitative estimate of drug-likeness (QED) is 0.650. The molecule has 0 fully saturated rings. The van der Waals surface area contributed by atoms with Gasteiger partial charge in [-0.1, -0.05) is 6.92 Å². The highest BCUT2D eigenvalue weighted by molar-refractivity contribution is 8.00. The van der Waals surface area contributed by atoms with Crippen LogP contribution >= 0.6 is 11.8 Å². The van der Waals surface area contributed by atoms with E-state index in [1.807, 2.05) is 7.05 Å². The van der Waals surface area contributed by atoms with Crippen molar-refractivity contribution < 1.29 is 4.79 Å². The van der Waals surface area contributed by atoms with Gasteiger partial charge < -0.3 is 5.32 Å². The summed E-state index contributed by atoms with van der Waals surface area (Å²) in [5, 5.41) is 3.14. The fraction of sp³-hybridized carbons (Fsp3) is 0.857. The minimum atomic E-state index is 0.148. The maximum Gasteiger partial charge on any atom is 0.144 e. The maximum absolute atomic E-state index is 10.9. The van der Waals surface area contributed by atoms with Crippen LogP contribution < -0.4 is 5.32 Å². The van der Waals surface area contributed by atoms with Crippen LogP contribution in [0.15, 0.2) is 0 Å². The Hall–Kier alpha value is -0.0200. The van der Waals surface area contributed by atoms with Crippen molar-refractivity contribution in [2.75, 3.05) is 19.3 Å². The lowest BCUT2D eigenvalue weighted by atomic mass is 10.3. The summed E-state index contributed by atoms with van der Waals surface area (Å²) in [6, 6.07) is 0. The number of carbonyl (C=O) groups excluding carboxylic acids is 1. The van der Waals surface area contributed by atoms with Gasteiger partial charge in [0.15, 0.2) is 0 Å². The summed E-state index contributed by atoms with van der Waals surface area (Å²) in [6.07, 6.45) is 0. The van der Waals surface area contributed by atoms with E-state index in [4.69, 9.17) is 0 Å². The third kappa shape index (κ3) is 3.90. The van der Waals surface area contributed by atoms with Gasteiger partial charge >= 0.3 is 0 Å². The normalized spacial score (nSPS) is 13.1. The van der Waals surface area contributed by atoms with Gasteiger partial charge in [-0.15, -0.1) is 11.8 Å². The molecule has 0 aliphatic rings. The molecule has 1 unspecified atom stereocenters. The summed E-state index contributed by atoms with van der Waals surface area (Å²) in [6.45, 7) is 4.49. The monoisotopic (exact) mass is 161 g/mol. The van der Waals surface area contributed by atoms with E-state index in [9.17, 15) is 4.79 Å². The van der Waals surface area contributed by atoms with Gasteiger partial charge in [-0.05, 0) is 19.7 Å². The van der Waals surface area contributed by atoms with Crippen LogP contribution in [0.5, 0.6) is 0 Å². The van der Waals surface area contributed by atoms with Crippen molar-refractivity contribution in [2.45, 2.75) is 19.1 Å². The first-order valence-corrected chi connectivity index (χ1v) is 4.53. The van der Waals surface area contributed by atoms with Crippen LogP contribution in [0, 0.1) is 0 Å². The molecule has 0 bridgehead atoms. The van der Waals surface area contributed by atoms with Crippen molar-refractivity contribution in [3.8, 4) is 0 Å². The molecule has 0 rings (SSSR count). The highest BCUT2D eigenvalue weighted by Crippen LogP contribution is 2.09. The van der Waals surface area contributed by atoms with Crippen LogP contribution in [0.25, 0.3) is 0 Å². The Balaban J connectivity index is 3.61.